The third kappa shape index (κ3) is 5.51. The topological polar surface area (TPSA) is 87.2 Å². The summed E-state index contributed by atoms with van der Waals surface area (Å²) < 4.78 is 32.3. The summed E-state index contributed by atoms with van der Waals surface area (Å²) in [6.45, 7) is 7.07. The van der Waals surface area contributed by atoms with Gasteiger partial charge in [-0.15, -0.1) is 0 Å². The maximum absolute atomic E-state index is 13.0. The SMILES string of the molecule is CC(C)(C)OC(=O)N1CCCC1C(=O)N1CCN(S(=O)(=O)Cc2ccccc2)CC1. The first kappa shape index (κ1) is 22.6. The molecule has 1 atom stereocenters. The summed E-state index contributed by atoms with van der Waals surface area (Å²) in [5.74, 6) is -0.171. The maximum Gasteiger partial charge on any atom is 0.410 e. The second-order valence-electron chi connectivity index (χ2n) is 8.80. The number of amides is 2. The summed E-state index contributed by atoms with van der Waals surface area (Å²) in [6.07, 6.45) is 0.883. The van der Waals surface area contributed by atoms with Gasteiger partial charge in [-0.2, -0.15) is 4.31 Å². The van der Waals surface area contributed by atoms with E-state index in [9.17, 15) is 18.0 Å². The van der Waals surface area contributed by atoms with Gasteiger partial charge in [-0.05, 0) is 39.2 Å². The molecule has 0 aromatic heterocycles. The van der Waals surface area contributed by atoms with Gasteiger partial charge in [-0.3, -0.25) is 9.69 Å². The van der Waals surface area contributed by atoms with E-state index in [0.29, 0.717) is 26.1 Å². The van der Waals surface area contributed by atoms with Gasteiger partial charge in [0.2, 0.25) is 15.9 Å². The zero-order valence-electron chi connectivity index (χ0n) is 17.9. The number of ether oxygens (including phenoxy) is 1. The summed E-state index contributed by atoms with van der Waals surface area (Å²) in [5.41, 5.74) is 0.126. The van der Waals surface area contributed by atoms with Crippen LogP contribution in [0.25, 0.3) is 0 Å². The Morgan fingerprint density at radius 2 is 1.67 bits per heavy atom. The van der Waals surface area contributed by atoms with Gasteiger partial charge in [0, 0.05) is 32.7 Å². The number of nitrogens with zero attached hydrogens (tertiary/aromatic N) is 3. The van der Waals surface area contributed by atoms with Crippen LogP contribution in [0.5, 0.6) is 0 Å². The summed E-state index contributed by atoms with van der Waals surface area (Å²) in [4.78, 5) is 28.7. The van der Waals surface area contributed by atoms with Gasteiger partial charge in [-0.1, -0.05) is 30.3 Å². The lowest BCUT2D eigenvalue weighted by atomic mass is 10.1. The van der Waals surface area contributed by atoms with Crippen molar-refractivity contribution in [2.45, 2.75) is 51.0 Å². The van der Waals surface area contributed by atoms with Crippen LogP contribution >= 0.6 is 0 Å². The molecule has 0 spiro atoms. The van der Waals surface area contributed by atoms with Crippen LogP contribution in [0.15, 0.2) is 30.3 Å². The molecule has 8 nitrogen and oxygen atoms in total. The van der Waals surface area contributed by atoms with Crippen molar-refractivity contribution in [3.05, 3.63) is 35.9 Å². The minimum absolute atomic E-state index is 0.0448. The average molecular weight is 438 g/mol. The molecule has 2 heterocycles. The molecule has 3 rings (SSSR count). The summed E-state index contributed by atoms with van der Waals surface area (Å²) in [6, 6.07) is 8.54. The number of carbonyl (C=O) groups excluding carboxylic acids is 2. The maximum atomic E-state index is 13.0. The first-order chi connectivity index (χ1) is 14.1. The summed E-state index contributed by atoms with van der Waals surface area (Å²) in [7, 11) is -3.44. The first-order valence-electron chi connectivity index (χ1n) is 10.4. The van der Waals surface area contributed by atoms with Crippen molar-refractivity contribution < 1.29 is 22.7 Å². The molecule has 0 N–H and O–H groups in total. The molecule has 166 valence electrons. The second-order valence-corrected chi connectivity index (χ2v) is 10.8. The second kappa shape index (κ2) is 8.93. The van der Waals surface area contributed by atoms with Crippen LogP contribution in [-0.2, 0) is 25.3 Å². The minimum atomic E-state index is -3.44. The van der Waals surface area contributed by atoms with E-state index in [-0.39, 0.29) is 24.7 Å². The molecule has 1 aromatic rings. The predicted octanol–water partition coefficient (Wildman–Crippen LogP) is 2.06. The molecule has 0 aliphatic carbocycles. The Balaban J connectivity index is 1.57. The van der Waals surface area contributed by atoms with Crippen LogP contribution in [0.2, 0.25) is 0 Å². The van der Waals surface area contributed by atoms with Crippen molar-refractivity contribution in [1.29, 1.82) is 0 Å². The Morgan fingerprint density at radius 3 is 2.27 bits per heavy atom. The normalized spacial score (nSPS) is 21.0. The number of piperazine rings is 1. The smallest absolute Gasteiger partial charge is 0.410 e. The highest BCUT2D eigenvalue weighted by Crippen LogP contribution is 2.23. The quantitative estimate of drug-likeness (QED) is 0.720. The molecule has 2 fully saturated rings. The molecular formula is C21H31N3O5S. The van der Waals surface area contributed by atoms with Crippen molar-refractivity contribution >= 4 is 22.0 Å². The Morgan fingerprint density at radius 1 is 1.03 bits per heavy atom. The van der Waals surface area contributed by atoms with Crippen LogP contribution in [0.1, 0.15) is 39.2 Å². The summed E-state index contributed by atoms with van der Waals surface area (Å²) in [5, 5.41) is 0. The van der Waals surface area contributed by atoms with Crippen LogP contribution in [0.4, 0.5) is 4.79 Å². The van der Waals surface area contributed by atoms with E-state index in [1.165, 1.54) is 9.21 Å². The van der Waals surface area contributed by atoms with Crippen LogP contribution < -0.4 is 0 Å². The van der Waals surface area contributed by atoms with Crippen LogP contribution in [-0.4, -0.2) is 78.9 Å². The molecular weight excluding hydrogens is 406 g/mol. The fraction of sp³-hybridized carbons (Fsp3) is 0.619. The minimum Gasteiger partial charge on any atom is -0.444 e. The van der Waals surface area contributed by atoms with Crippen molar-refractivity contribution in [1.82, 2.24) is 14.1 Å². The largest absolute Gasteiger partial charge is 0.444 e. The van der Waals surface area contributed by atoms with Crippen molar-refractivity contribution in [3.8, 4) is 0 Å². The Hall–Kier alpha value is -2.13. The fourth-order valence-electron chi connectivity index (χ4n) is 3.84. The fourth-order valence-corrected chi connectivity index (χ4v) is 5.35. The van der Waals surface area contributed by atoms with Crippen LogP contribution in [0.3, 0.4) is 0 Å². The van der Waals surface area contributed by atoms with E-state index in [4.69, 9.17) is 4.74 Å². The molecule has 0 saturated carbocycles. The Bertz CT molecular complexity index is 858. The number of carbonyl (C=O) groups is 2. The number of sulfonamides is 1. The molecule has 2 saturated heterocycles. The van der Waals surface area contributed by atoms with Gasteiger partial charge in [0.25, 0.3) is 0 Å². The van der Waals surface area contributed by atoms with Crippen molar-refractivity contribution in [3.63, 3.8) is 0 Å². The monoisotopic (exact) mass is 437 g/mol. The summed E-state index contributed by atoms with van der Waals surface area (Å²) >= 11 is 0. The standard InChI is InChI=1S/C21H31N3O5S/c1-21(2,3)29-20(26)24-11-7-10-18(24)19(25)22-12-14-23(15-13-22)30(27,28)16-17-8-5-4-6-9-17/h4-6,8-9,18H,7,10-16H2,1-3H3. The molecule has 2 aliphatic heterocycles. The molecule has 0 radical (unpaired) electrons. The van der Waals surface area contributed by atoms with E-state index in [2.05, 4.69) is 0 Å². The lowest BCUT2D eigenvalue weighted by molar-refractivity contribution is -0.137. The van der Waals surface area contributed by atoms with E-state index in [1.807, 2.05) is 18.2 Å². The number of rotatable bonds is 4. The zero-order valence-corrected chi connectivity index (χ0v) is 18.7. The van der Waals surface area contributed by atoms with Crippen molar-refractivity contribution in [2.24, 2.45) is 0 Å². The number of benzene rings is 1. The molecule has 1 unspecified atom stereocenters. The lowest BCUT2D eigenvalue weighted by Crippen LogP contribution is -2.55. The Labute approximate surface area is 178 Å². The molecule has 30 heavy (non-hydrogen) atoms. The number of hydrogen-bond acceptors (Lipinski definition) is 5. The molecule has 0 bridgehead atoms. The third-order valence-electron chi connectivity index (χ3n) is 5.30. The van der Waals surface area contributed by atoms with E-state index < -0.39 is 27.8 Å². The highest BCUT2D eigenvalue weighted by molar-refractivity contribution is 7.88. The van der Waals surface area contributed by atoms with Gasteiger partial charge < -0.3 is 9.64 Å². The van der Waals surface area contributed by atoms with Gasteiger partial charge in [0.1, 0.15) is 11.6 Å². The predicted molar refractivity (Wildman–Crippen MR) is 113 cm³/mol. The van der Waals surface area contributed by atoms with E-state index >= 15 is 0 Å². The Kier molecular flexibility index (Phi) is 6.71. The van der Waals surface area contributed by atoms with Crippen molar-refractivity contribution in [2.75, 3.05) is 32.7 Å². The number of likely N-dealkylation sites (tertiary alicyclic amines) is 1. The molecule has 9 heteroatoms. The highest BCUT2D eigenvalue weighted by Gasteiger charge is 2.40. The lowest BCUT2D eigenvalue weighted by Gasteiger charge is -2.37. The third-order valence-corrected chi connectivity index (χ3v) is 7.15. The average Bonchev–Trinajstić information content (AvgIpc) is 3.17. The van der Waals surface area contributed by atoms with Gasteiger partial charge in [-0.25, -0.2) is 13.2 Å². The molecule has 1 aromatic carbocycles. The van der Waals surface area contributed by atoms with E-state index in [0.717, 1.165) is 12.0 Å². The van der Waals surface area contributed by atoms with Gasteiger partial charge in [0.15, 0.2) is 0 Å². The molecule has 2 aliphatic rings. The zero-order chi connectivity index (χ0) is 21.9. The van der Waals surface area contributed by atoms with Gasteiger partial charge in [0.05, 0.1) is 5.75 Å². The first-order valence-corrected chi connectivity index (χ1v) is 12.0. The molecule has 2 amide bonds. The number of hydrogen-bond donors (Lipinski definition) is 0. The highest BCUT2D eigenvalue weighted by atomic mass is 32.2. The van der Waals surface area contributed by atoms with Gasteiger partial charge >= 0.3 is 6.09 Å². The van der Waals surface area contributed by atoms with E-state index in [1.54, 1.807) is 37.8 Å². The van der Waals surface area contributed by atoms with Crippen LogP contribution in [0, 0.1) is 0 Å².